The third-order valence-electron chi connectivity index (χ3n) is 12.1. The number of thiophene rings is 1. The highest BCUT2D eigenvalue weighted by Gasteiger charge is 2.48. The maximum absolute atomic E-state index is 17.9. The molecule has 1 aliphatic carbocycles. The predicted octanol–water partition coefficient (Wildman–Crippen LogP) is 12.9. The predicted molar refractivity (Wildman–Crippen MR) is 220 cm³/mol. The van der Waals surface area contributed by atoms with E-state index in [1.165, 1.54) is 0 Å². The van der Waals surface area contributed by atoms with Crippen LogP contribution in [0.25, 0.3) is 15.7 Å². The second-order valence-corrected chi connectivity index (χ2v) is 18.0. The average Bonchev–Trinajstić information content (AvgIpc) is 3.81. The van der Waals surface area contributed by atoms with E-state index in [-0.39, 0.29) is 61.8 Å². The Morgan fingerprint density at radius 3 is 2.48 bits per heavy atom. The molecule has 0 saturated carbocycles. The standard InChI is InChI=1S/C45H59F5N4OS/c1-11-14-37(55-25-44-19-13-20-54(44)24-28(7)22-44)52-41-32(30(9)53(10)36(29(8)12-2)18-15-26(3)4)21-34(45(48,49)50)39(40(41)47)31-16-17-35(46)43-38(31)33(23-51)42(56-43)27(5)6/h14,16-17,21,26-29,36H,11-13,15,18-20,22,24-25H2,1-10H3/b32-30+,37-14-,52-41+. The van der Waals surface area contributed by atoms with Gasteiger partial charge in [0.1, 0.15) is 24.2 Å². The number of fused-ring (bicyclic) bond motifs is 2. The molecule has 2 fully saturated rings. The zero-order chi connectivity index (χ0) is 41.3. The molecule has 3 aliphatic rings. The molecule has 0 spiro atoms. The molecule has 1 aromatic carbocycles. The van der Waals surface area contributed by atoms with E-state index in [0.29, 0.717) is 35.4 Å². The van der Waals surface area contributed by atoms with Crippen molar-refractivity contribution in [2.24, 2.45) is 22.7 Å². The van der Waals surface area contributed by atoms with E-state index in [2.05, 4.69) is 45.6 Å². The minimum absolute atomic E-state index is 0.00623. The summed E-state index contributed by atoms with van der Waals surface area (Å²) in [6.45, 7) is 20.3. The van der Waals surface area contributed by atoms with Gasteiger partial charge < -0.3 is 9.64 Å². The number of hydrogen-bond acceptors (Lipinski definition) is 6. The number of allylic oxidation sites excluding steroid dienone is 7. The molecule has 11 heteroatoms. The summed E-state index contributed by atoms with van der Waals surface area (Å²) in [6.07, 6.45) is 3.79. The number of aliphatic imine (C=N–C) groups is 1. The van der Waals surface area contributed by atoms with Gasteiger partial charge in [0.2, 0.25) is 5.88 Å². The van der Waals surface area contributed by atoms with E-state index < -0.39 is 29.0 Å². The number of rotatable bonds is 14. The van der Waals surface area contributed by atoms with Crippen LogP contribution in [0.3, 0.4) is 0 Å². The molecule has 0 N–H and O–H groups in total. The molecule has 3 heterocycles. The largest absolute Gasteiger partial charge is 0.476 e. The Bertz CT molecular complexity index is 1980. The Labute approximate surface area is 334 Å². The molecular formula is C45H59F5N4OS. The molecule has 0 bridgehead atoms. The van der Waals surface area contributed by atoms with Gasteiger partial charge in [-0.3, -0.25) is 4.90 Å². The highest BCUT2D eigenvalue weighted by atomic mass is 32.1. The van der Waals surface area contributed by atoms with Crippen LogP contribution in [-0.2, 0) is 4.74 Å². The summed E-state index contributed by atoms with van der Waals surface area (Å²) in [5, 5.41) is 10.3. The molecule has 0 amide bonds. The number of alkyl halides is 3. The van der Waals surface area contributed by atoms with Crippen molar-refractivity contribution < 1.29 is 26.7 Å². The SMILES string of the molecule is CC/C=C(/N=C1/C(F)=C(c2ccc(F)c3sc(C(C)C)c(C#N)c23)C(C(F)(F)F)=C/C1=C(/C)N(C)C(CCC(C)C)C(C)CC)OCC12CCCN1CC(C)C2. The van der Waals surface area contributed by atoms with Gasteiger partial charge in [-0.2, -0.15) is 18.4 Å². The summed E-state index contributed by atoms with van der Waals surface area (Å²) < 4.78 is 86.2. The fourth-order valence-electron chi connectivity index (χ4n) is 8.95. The van der Waals surface area contributed by atoms with E-state index in [1.54, 1.807) is 13.0 Å². The van der Waals surface area contributed by atoms with E-state index in [9.17, 15) is 5.26 Å². The van der Waals surface area contributed by atoms with Gasteiger partial charge in [0.15, 0.2) is 5.83 Å². The normalized spacial score (nSPS) is 23.6. The van der Waals surface area contributed by atoms with Crippen LogP contribution < -0.4 is 0 Å². The number of nitriles is 1. The first-order chi connectivity index (χ1) is 26.4. The molecule has 4 unspecified atom stereocenters. The van der Waals surface area contributed by atoms with Crippen LogP contribution in [-0.4, -0.2) is 60.0 Å². The minimum Gasteiger partial charge on any atom is -0.476 e. The van der Waals surface area contributed by atoms with Gasteiger partial charge in [0, 0.05) is 46.7 Å². The van der Waals surface area contributed by atoms with E-state index >= 15 is 22.0 Å². The Morgan fingerprint density at radius 1 is 1.16 bits per heavy atom. The summed E-state index contributed by atoms with van der Waals surface area (Å²) in [5.74, 6) is -0.825. The summed E-state index contributed by atoms with van der Waals surface area (Å²) in [6, 6.07) is 4.30. The van der Waals surface area contributed by atoms with Gasteiger partial charge in [0.05, 0.1) is 21.4 Å². The third kappa shape index (κ3) is 8.67. The first kappa shape index (κ1) is 43.6. The average molecular weight is 799 g/mol. The summed E-state index contributed by atoms with van der Waals surface area (Å²) in [5.41, 5.74) is -2.11. The molecule has 56 heavy (non-hydrogen) atoms. The fourth-order valence-corrected chi connectivity index (χ4v) is 10.1. The Morgan fingerprint density at radius 2 is 1.88 bits per heavy atom. The molecule has 1 aromatic heterocycles. The van der Waals surface area contributed by atoms with Gasteiger partial charge in [0.25, 0.3) is 0 Å². The smallest absolute Gasteiger partial charge is 0.417 e. The van der Waals surface area contributed by atoms with Gasteiger partial charge in [-0.15, -0.1) is 11.3 Å². The minimum atomic E-state index is -5.01. The van der Waals surface area contributed by atoms with Crippen molar-refractivity contribution in [1.82, 2.24) is 9.80 Å². The first-order valence-corrected chi connectivity index (χ1v) is 21.2. The molecule has 0 radical (unpaired) electrons. The van der Waals surface area contributed by atoms with Gasteiger partial charge in [-0.25, -0.2) is 13.8 Å². The fraction of sp³-hybridized carbons (Fsp3) is 0.600. The molecule has 5 nitrogen and oxygen atoms in total. The molecule has 2 aromatic rings. The van der Waals surface area contributed by atoms with Crippen molar-refractivity contribution in [3.8, 4) is 6.07 Å². The van der Waals surface area contributed by atoms with Crippen molar-refractivity contribution in [1.29, 1.82) is 5.26 Å². The van der Waals surface area contributed by atoms with Crippen molar-refractivity contribution in [2.75, 3.05) is 26.7 Å². The molecule has 5 rings (SSSR count). The van der Waals surface area contributed by atoms with Crippen molar-refractivity contribution in [2.45, 2.75) is 131 Å². The highest BCUT2D eigenvalue weighted by molar-refractivity contribution is 7.19. The lowest BCUT2D eigenvalue weighted by Gasteiger charge is -2.37. The van der Waals surface area contributed by atoms with Gasteiger partial charge in [-0.05, 0) is 99.4 Å². The molecule has 306 valence electrons. The lowest BCUT2D eigenvalue weighted by atomic mass is 9.84. The Hall–Kier alpha value is -3.49. The van der Waals surface area contributed by atoms with E-state index in [0.717, 1.165) is 81.2 Å². The number of ether oxygens (including phenoxy) is 1. The Kier molecular flexibility index (Phi) is 13.7. The topological polar surface area (TPSA) is 51.9 Å². The number of benzene rings is 1. The lowest BCUT2D eigenvalue weighted by molar-refractivity contribution is -0.0872. The highest BCUT2D eigenvalue weighted by Crippen LogP contribution is 2.49. The Balaban J connectivity index is 1.79. The maximum atomic E-state index is 17.9. The van der Waals surface area contributed by atoms with E-state index in [4.69, 9.17) is 9.73 Å². The van der Waals surface area contributed by atoms with Crippen molar-refractivity contribution >= 4 is 32.7 Å². The van der Waals surface area contributed by atoms with Crippen LogP contribution in [0.15, 0.2) is 57.8 Å². The second-order valence-electron chi connectivity index (χ2n) is 17.0. The molecule has 2 aliphatic heterocycles. The second kappa shape index (κ2) is 17.6. The number of halogens is 5. The summed E-state index contributed by atoms with van der Waals surface area (Å²) >= 11 is 1.02. The van der Waals surface area contributed by atoms with E-state index in [1.807, 2.05) is 32.7 Å². The van der Waals surface area contributed by atoms with Crippen LogP contribution >= 0.6 is 11.3 Å². The molecule has 2 saturated heterocycles. The zero-order valence-electron chi connectivity index (χ0n) is 34.8. The van der Waals surface area contributed by atoms with Gasteiger partial charge >= 0.3 is 6.18 Å². The molecule has 4 atom stereocenters. The van der Waals surface area contributed by atoms with Gasteiger partial charge in [-0.1, -0.05) is 67.9 Å². The molecular weight excluding hydrogens is 740 g/mol. The third-order valence-corrected chi connectivity index (χ3v) is 13.6. The van der Waals surface area contributed by atoms with Crippen LogP contribution in [0.5, 0.6) is 0 Å². The zero-order valence-corrected chi connectivity index (χ0v) is 35.6. The van der Waals surface area contributed by atoms with Crippen molar-refractivity contribution in [3.05, 3.63) is 74.7 Å². The van der Waals surface area contributed by atoms with Crippen molar-refractivity contribution in [3.63, 3.8) is 0 Å². The van der Waals surface area contributed by atoms with Crippen LogP contribution in [0.4, 0.5) is 22.0 Å². The maximum Gasteiger partial charge on any atom is 0.417 e. The summed E-state index contributed by atoms with van der Waals surface area (Å²) in [4.78, 5) is 9.79. The lowest BCUT2D eigenvalue weighted by Crippen LogP contribution is -2.42. The monoisotopic (exact) mass is 798 g/mol. The number of nitrogens with zero attached hydrogens (tertiary/aromatic N) is 4. The van der Waals surface area contributed by atoms with Crippen LogP contribution in [0.1, 0.15) is 129 Å². The first-order valence-electron chi connectivity index (χ1n) is 20.3. The quantitative estimate of drug-likeness (QED) is 0.141. The van der Waals surface area contributed by atoms with Crippen LogP contribution in [0, 0.1) is 34.9 Å². The summed E-state index contributed by atoms with van der Waals surface area (Å²) in [7, 11) is 1.87. The number of hydrogen-bond donors (Lipinski definition) is 0. The van der Waals surface area contributed by atoms with Crippen LogP contribution in [0.2, 0.25) is 0 Å².